The molecule has 13 heavy (non-hydrogen) atoms. The maximum atomic E-state index is 2.17. The molecule has 0 heteroatoms. The fourth-order valence-corrected chi connectivity index (χ4v) is 0. The van der Waals surface area contributed by atoms with E-state index in [4.69, 9.17) is 0 Å². The highest BCUT2D eigenvalue weighted by Gasteiger charge is 1.68. The minimum Gasteiger partial charge on any atom is -0.0890 e. The molecular formula is C13H30. The summed E-state index contributed by atoms with van der Waals surface area (Å²) in [6, 6.07) is 0. The van der Waals surface area contributed by atoms with Gasteiger partial charge in [-0.25, -0.2) is 0 Å². The second-order valence-electron chi connectivity index (χ2n) is 4.83. The standard InChI is InChI=1S/C5H10.2C4H10/c1-4-5(2)3;2*1-4(2)3/h4H,1-3H3;2*4H,1-3H3. The van der Waals surface area contributed by atoms with Gasteiger partial charge in [0, 0.05) is 0 Å². The van der Waals surface area contributed by atoms with Crippen molar-refractivity contribution in [3.63, 3.8) is 0 Å². The average molecular weight is 186 g/mol. The molecule has 0 amide bonds. The summed E-state index contributed by atoms with van der Waals surface area (Å²) in [5.74, 6) is 1.67. The first kappa shape index (κ1) is 18.5. The highest BCUT2D eigenvalue weighted by Crippen LogP contribution is 1.82. The third kappa shape index (κ3) is 368. The first-order chi connectivity index (χ1) is 5.73. The SMILES string of the molecule is CC(C)C.CC(C)C.CC=C(C)C. The molecule has 0 aliphatic rings. The smallest absolute Gasteiger partial charge is 0.0442 e. The minimum atomic E-state index is 0.833. The Hall–Kier alpha value is -0.260. The molecule has 0 saturated carbocycles. The highest BCUT2D eigenvalue weighted by atomic mass is 13.7. The van der Waals surface area contributed by atoms with Crippen LogP contribution in [0.1, 0.15) is 62.3 Å². The molecule has 0 saturated heterocycles. The highest BCUT2D eigenvalue weighted by molar-refractivity contribution is 4.88. The predicted octanol–water partition coefficient (Wildman–Crippen LogP) is 5.30. The Labute approximate surface area is 86.4 Å². The van der Waals surface area contributed by atoms with Crippen LogP contribution in [0.3, 0.4) is 0 Å². The van der Waals surface area contributed by atoms with Crippen molar-refractivity contribution in [3.05, 3.63) is 11.6 Å². The molecular weight excluding hydrogens is 156 g/mol. The van der Waals surface area contributed by atoms with Crippen LogP contribution in [0.15, 0.2) is 11.6 Å². The molecule has 0 fully saturated rings. The summed E-state index contributed by atoms with van der Waals surface area (Å²) in [6.45, 7) is 19.2. The van der Waals surface area contributed by atoms with Crippen LogP contribution in [-0.2, 0) is 0 Å². The van der Waals surface area contributed by atoms with Crippen LogP contribution in [0.25, 0.3) is 0 Å². The van der Waals surface area contributed by atoms with E-state index in [1.165, 1.54) is 5.57 Å². The number of rotatable bonds is 0. The summed E-state index contributed by atoms with van der Waals surface area (Å²) >= 11 is 0. The van der Waals surface area contributed by atoms with Gasteiger partial charge in [0.2, 0.25) is 0 Å². The Morgan fingerprint density at radius 1 is 0.769 bits per heavy atom. The van der Waals surface area contributed by atoms with E-state index >= 15 is 0 Å². The van der Waals surface area contributed by atoms with Gasteiger partial charge in [-0.2, -0.15) is 0 Å². The number of allylic oxidation sites excluding steroid dienone is 2. The molecule has 0 nitrogen and oxygen atoms in total. The summed E-state index contributed by atoms with van der Waals surface area (Å²) in [5.41, 5.74) is 1.38. The fourth-order valence-electron chi connectivity index (χ4n) is 0. The zero-order valence-electron chi connectivity index (χ0n) is 11.2. The van der Waals surface area contributed by atoms with Crippen LogP contribution in [0, 0.1) is 11.8 Å². The van der Waals surface area contributed by atoms with Crippen LogP contribution in [0.4, 0.5) is 0 Å². The maximum Gasteiger partial charge on any atom is -0.0442 e. The average Bonchev–Trinajstić information content (AvgIpc) is 1.84. The van der Waals surface area contributed by atoms with Crippen molar-refractivity contribution in [1.82, 2.24) is 0 Å². The van der Waals surface area contributed by atoms with Gasteiger partial charge in [0.15, 0.2) is 0 Å². The van der Waals surface area contributed by atoms with E-state index in [0.29, 0.717) is 0 Å². The topological polar surface area (TPSA) is 0 Å². The van der Waals surface area contributed by atoms with Gasteiger partial charge in [-0.15, -0.1) is 0 Å². The molecule has 0 radical (unpaired) electrons. The van der Waals surface area contributed by atoms with E-state index < -0.39 is 0 Å². The molecule has 0 atom stereocenters. The first-order valence-electron chi connectivity index (χ1n) is 5.33. The van der Waals surface area contributed by atoms with Crippen LogP contribution < -0.4 is 0 Å². The molecule has 0 aliphatic carbocycles. The summed E-state index contributed by atoms with van der Waals surface area (Å²) in [4.78, 5) is 0. The van der Waals surface area contributed by atoms with Gasteiger partial charge < -0.3 is 0 Å². The van der Waals surface area contributed by atoms with E-state index in [0.717, 1.165) is 11.8 Å². The Bertz CT molecular complexity index is 81.1. The zero-order valence-corrected chi connectivity index (χ0v) is 11.2. The van der Waals surface area contributed by atoms with Gasteiger partial charge in [-0.05, 0) is 32.6 Å². The Morgan fingerprint density at radius 3 is 0.846 bits per heavy atom. The van der Waals surface area contributed by atoms with Crippen LogP contribution in [-0.4, -0.2) is 0 Å². The lowest BCUT2D eigenvalue weighted by atomic mass is 10.3. The predicted molar refractivity (Wildman–Crippen MR) is 66.1 cm³/mol. The normalized spacial score (nSPS) is 8.23. The summed E-state index contributed by atoms with van der Waals surface area (Å²) < 4.78 is 0. The van der Waals surface area contributed by atoms with E-state index in [1.54, 1.807) is 0 Å². The molecule has 82 valence electrons. The lowest BCUT2D eigenvalue weighted by Gasteiger charge is -1.79. The van der Waals surface area contributed by atoms with Crippen molar-refractivity contribution >= 4 is 0 Å². The van der Waals surface area contributed by atoms with Gasteiger partial charge >= 0.3 is 0 Å². The van der Waals surface area contributed by atoms with E-state index in [2.05, 4.69) is 61.5 Å². The van der Waals surface area contributed by atoms with Crippen molar-refractivity contribution in [2.75, 3.05) is 0 Å². The largest absolute Gasteiger partial charge is 0.0890 e. The van der Waals surface area contributed by atoms with Gasteiger partial charge in [-0.1, -0.05) is 53.2 Å². The van der Waals surface area contributed by atoms with Crippen molar-refractivity contribution in [2.45, 2.75) is 62.3 Å². The lowest BCUT2D eigenvalue weighted by molar-refractivity contribution is 0.736. The monoisotopic (exact) mass is 186 g/mol. The third-order valence-electron chi connectivity index (χ3n) is 0.577. The third-order valence-corrected chi connectivity index (χ3v) is 0.577. The van der Waals surface area contributed by atoms with Gasteiger partial charge in [0.1, 0.15) is 0 Å². The molecule has 0 rings (SSSR count). The van der Waals surface area contributed by atoms with Crippen LogP contribution in [0.5, 0.6) is 0 Å². The van der Waals surface area contributed by atoms with Gasteiger partial charge in [-0.3, -0.25) is 0 Å². The molecule has 0 bridgehead atoms. The molecule has 0 heterocycles. The van der Waals surface area contributed by atoms with E-state index in [9.17, 15) is 0 Å². The summed E-state index contributed by atoms with van der Waals surface area (Å²) in [7, 11) is 0. The van der Waals surface area contributed by atoms with Crippen molar-refractivity contribution in [2.24, 2.45) is 11.8 Å². The molecule has 0 aromatic rings. The lowest BCUT2D eigenvalue weighted by Crippen LogP contribution is -1.66. The molecule has 0 spiro atoms. The van der Waals surface area contributed by atoms with E-state index in [1.807, 2.05) is 6.92 Å². The second-order valence-corrected chi connectivity index (χ2v) is 4.83. The molecule has 0 aromatic carbocycles. The Kier molecular flexibility index (Phi) is 20.3. The fraction of sp³-hybridized carbons (Fsp3) is 0.846. The summed E-state index contributed by atoms with van der Waals surface area (Å²) in [6.07, 6.45) is 2.08. The van der Waals surface area contributed by atoms with Crippen LogP contribution >= 0.6 is 0 Å². The summed E-state index contributed by atoms with van der Waals surface area (Å²) in [5, 5.41) is 0. The van der Waals surface area contributed by atoms with Gasteiger partial charge in [0.25, 0.3) is 0 Å². The minimum absolute atomic E-state index is 0.833. The first-order valence-corrected chi connectivity index (χ1v) is 5.33. The zero-order chi connectivity index (χ0) is 11.4. The van der Waals surface area contributed by atoms with E-state index in [-0.39, 0.29) is 0 Å². The van der Waals surface area contributed by atoms with Crippen molar-refractivity contribution in [1.29, 1.82) is 0 Å². The Balaban J connectivity index is -0.000000117. The maximum absolute atomic E-state index is 2.17. The van der Waals surface area contributed by atoms with Crippen LogP contribution in [0.2, 0.25) is 0 Å². The number of hydrogen-bond acceptors (Lipinski definition) is 0. The van der Waals surface area contributed by atoms with Crippen molar-refractivity contribution < 1.29 is 0 Å². The molecule has 0 N–H and O–H groups in total. The molecule has 0 aliphatic heterocycles. The molecule has 0 unspecified atom stereocenters. The molecule has 0 aromatic heterocycles. The van der Waals surface area contributed by atoms with Crippen molar-refractivity contribution in [3.8, 4) is 0 Å². The second kappa shape index (κ2) is 14.3. The number of hydrogen-bond donors (Lipinski definition) is 0. The quantitative estimate of drug-likeness (QED) is 0.450. The van der Waals surface area contributed by atoms with Gasteiger partial charge in [0.05, 0.1) is 0 Å². The Morgan fingerprint density at radius 2 is 0.846 bits per heavy atom.